The first kappa shape index (κ1) is 16.7. The number of benzene rings is 2. The van der Waals surface area contributed by atoms with Gasteiger partial charge in [-0.3, -0.25) is 9.89 Å². The van der Waals surface area contributed by atoms with Crippen molar-refractivity contribution in [3.05, 3.63) is 70.6 Å². The summed E-state index contributed by atoms with van der Waals surface area (Å²) in [6, 6.07) is 11.5. The maximum atomic E-state index is 13.9. The number of carbonyl (C=O) groups is 2. The highest BCUT2D eigenvalue weighted by molar-refractivity contribution is 6.33. The number of aromatic amines is 1. The van der Waals surface area contributed by atoms with Gasteiger partial charge in [-0.2, -0.15) is 5.10 Å². The monoisotopic (exact) mass is 359 g/mol. The summed E-state index contributed by atoms with van der Waals surface area (Å²) in [5.74, 6) is -2.36. The van der Waals surface area contributed by atoms with E-state index < -0.39 is 17.7 Å². The van der Waals surface area contributed by atoms with Crippen molar-refractivity contribution in [2.24, 2.45) is 0 Å². The highest BCUT2D eigenvalue weighted by atomic mass is 35.5. The summed E-state index contributed by atoms with van der Waals surface area (Å²) in [5.41, 5.74) is 0.383. The number of H-pyrrole nitrogens is 1. The Balaban J connectivity index is 1.88. The second kappa shape index (κ2) is 6.74. The Morgan fingerprint density at radius 2 is 1.92 bits per heavy atom. The molecule has 126 valence electrons. The first-order valence-corrected chi connectivity index (χ1v) is 7.48. The van der Waals surface area contributed by atoms with Crippen LogP contribution >= 0.6 is 11.6 Å². The summed E-state index contributed by atoms with van der Waals surface area (Å²) in [6.07, 6.45) is 0. The van der Waals surface area contributed by atoms with Crippen molar-refractivity contribution in [1.82, 2.24) is 10.2 Å². The van der Waals surface area contributed by atoms with Crippen LogP contribution in [0.1, 0.15) is 20.8 Å². The molecule has 1 amide bonds. The van der Waals surface area contributed by atoms with E-state index in [-0.39, 0.29) is 33.2 Å². The molecule has 8 heteroatoms. The van der Waals surface area contributed by atoms with E-state index in [1.807, 2.05) is 0 Å². The number of carboxylic acid groups (broad SMARTS) is 1. The molecule has 2 aromatic carbocycles. The molecule has 0 unspecified atom stereocenters. The first-order valence-electron chi connectivity index (χ1n) is 7.11. The maximum absolute atomic E-state index is 13.9. The van der Waals surface area contributed by atoms with Crippen LogP contribution in [0, 0.1) is 5.82 Å². The van der Waals surface area contributed by atoms with Crippen LogP contribution in [0.2, 0.25) is 5.02 Å². The predicted molar refractivity (Wildman–Crippen MR) is 90.3 cm³/mol. The zero-order chi connectivity index (χ0) is 18.0. The van der Waals surface area contributed by atoms with E-state index in [9.17, 15) is 14.0 Å². The molecule has 0 aliphatic rings. The molecule has 3 aromatic rings. The lowest BCUT2D eigenvalue weighted by molar-refractivity contribution is 0.0698. The summed E-state index contributed by atoms with van der Waals surface area (Å²) in [6.45, 7) is 0. The standard InChI is InChI=1S/C17H11ClFN3O3/c18-10-5-3-6-11(19)15(10)13-8-14(22-21-13)16(23)20-12-7-2-1-4-9(12)17(24)25/h1-8H,(H,20,23)(H,21,22)(H,24,25). The van der Waals surface area contributed by atoms with Crippen LogP contribution < -0.4 is 5.32 Å². The van der Waals surface area contributed by atoms with Crippen molar-refractivity contribution in [3.63, 3.8) is 0 Å². The van der Waals surface area contributed by atoms with E-state index in [1.165, 1.54) is 36.4 Å². The fraction of sp³-hybridized carbons (Fsp3) is 0. The Bertz CT molecular complexity index is 951. The summed E-state index contributed by atoms with van der Waals surface area (Å²) in [4.78, 5) is 23.5. The van der Waals surface area contributed by atoms with Crippen molar-refractivity contribution in [2.75, 3.05) is 5.32 Å². The van der Waals surface area contributed by atoms with Gasteiger partial charge in [-0.25, -0.2) is 9.18 Å². The van der Waals surface area contributed by atoms with Gasteiger partial charge < -0.3 is 10.4 Å². The molecule has 0 radical (unpaired) electrons. The SMILES string of the molecule is O=C(Nc1ccccc1C(=O)O)c1cc(-c2c(F)cccc2Cl)[nH]n1. The van der Waals surface area contributed by atoms with Crippen LogP contribution in [0.3, 0.4) is 0 Å². The predicted octanol–water partition coefficient (Wildman–Crippen LogP) is 3.82. The molecule has 0 saturated carbocycles. The van der Waals surface area contributed by atoms with E-state index >= 15 is 0 Å². The molecule has 3 rings (SSSR count). The number of amides is 1. The number of nitrogens with one attached hydrogen (secondary N) is 2. The minimum atomic E-state index is -1.17. The number of para-hydroxylation sites is 1. The molecule has 0 spiro atoms. The maximum Gasteiger partial charge on any atom is 0.337 e. The van der Waals surface area contributed by atoms with Crippen molar-refractivity contribution < 1.29 is 19.1 Å². The van der Waals surface area contributed by atoms with Crippen molar-refractivity contribution in [1.29, 1.82) is 0 Å². The first-order chi connectivity index (χ1) is 12.0. The van der Waals surface area contributed by atoms with Gasteiger partial charge >= 0.3 is 5.97 Å². The molecule has 0 aliphatic carbocycles. The van der Waals surface area contributed by atoms with Gasteiger partial charge in [-0.15, -0.1) is 0 Å². The molecule has 1 aromatic heterocycles. The zero-order valence-electron chi connectivity index (χ0n) is 12.6. The molecule has 1 heterocycles. The molecule has 6 nitrogen and oxygen atoms in total. The Morgan fingerprint density at radius 1 is 1.16 bits per heavy atom. The summed E-state index contributed by atoms with van der Waals surface area (Å²) < 4.78 is 13.9. The fourth-order valence-corrected chi connectivity index (χ4v) is 2.55. The second-order valence-corrected chi connectivity index (χ2v) is 5.48. The smallest absolute Gasteiger partial charge is 0.337 e. The molecule has 0 saturated heterocycles. The Hall–Kier alpha value is -3.19. The number of aromatic nitrogens is 2. The number of hydrogen-bond donors (Lipinski definition) is 3. The summed E-state index contributed by atoms with van der Waals surface area (Å²) in [7, 11) is 0. The Kier molecular flexibility index (Phi) is 4.49. The van der Waals surface area contributed by atoms with Gasteiger partial charge in [0.2, 0.25) is 0 Å². The fourth-order valence-electron chi connectivity index (χ4n) is 2.29. The number of halogens is 2. The van der Waals surface area contributed by atoms with Crippen LogP contribution in [0.4, 0.5) is 10.1 Å². The van der Waals surface area contributed by atoms with Crippen LogP contribution in [-0.4, -0.2) is 27.2 Å². The number of nitrogens with zero attached hydrogens (tertiary/aromatic N) is 1. The number of carbonyl (C=O) groups excluding carboxylic acids is 1. The van der Waals surface area contributed by atoms with Crippen LogP contribution in [0.25, 0.3) is 11.3 Å². The number of anilines is 1. The number of hydrogen-bond acceptors (Lipinski definition) is 3. The summed E-state index contributed by atoms with van der Waals surface area (Å²) >= 11 is 5.98. The Labute approximate surface area is 146 Å². The van der Waals surface area contributed by atoms with E-state index in [1.54, 1.807) is 12.1 Å². The van der Waals surface area contributed by atoms with Crippen molar-refractivity contribution in [3.8, 4) is 11.3 Å². The molecule has 0 bridgehead atoms. The quantitative estimate of drug-likeness (QED) is 0.660. The lowest BCUT2D eigenvalue weighted by atomic mass is 10.1. The lowest BCUT2D eigenvalue weighted by Gasteiger charge is -2.06. The van der Waals surface area contributed by atoms with Gasteiger partial charge in [0.25, 0.3) is 5.91 Å². The highest BCUT2D eigenvalue weighted by Crippen LogP contribution is 2.29. The van der Waals surface area contributed by atoms with Gasteiger partial charge in [-0.05, 0) is 30.3 Å². The van der Waals surface area contributed by atoms with Gasteiger partial charge in [0, 0.05) is 0 Å². The highest BCUT2D eigenvalue weighted by Gasteiger charge is 2.18. The van der Waals surface area contributed by atoms with E-state index in [0.717, 1.165) is 0 Å². The third kappa shape index (κ3) is 3.36. The van der Waals surface area contributed by atoms with Crippen LogP contribution in [-0.2, 0) is 0 Å². The van der Waals surface area contributed by atoms with Gasteiger partial charge in [0.1, 0.15) is 5.82 Å². The lowest BCUT2D eigenvalue weighted by Crippen LogP contribution is -2.15. The molecular weight excluding hydrogens is 349 g/mol. The largest absolute Gasteiger partial charge is 0.478 e. The van der Waals surface area contributed by atoms with Crippen molar-refractivity contribution >= 4 is 29.2 Å². The number of carboxylic acids is 1. The Morgan fingerprint density at radius 3 is 2.64 bits per heavy atom. The minimum Gasteiger partial charge on any atom is -0.478 e. The number of rotatable bonds is 4. The number of aromatic carboxylic acids is 1. The van der Waals surface area contributed by atoms with Crippen LogP contribution in [0.15, 0.2) is 48.5 Å². The van der Waals surface area contributed by atoms with E-state index in [0.29, 0.717) is 0 Å². The second-order valence-electron chi connectivity index (χ2n) is 5.07. The molecular formula is C17H11ClFN3O3. The van der Waals surface area contributed by atoms with Gasteiger partial charge in [0.05, 0.1) is 27.5 Å². The average Bonchev–Trinajstić information content (AvgIpc) is 3.05. The topological polar surface area (TPSA) is 95.1 Å². The van der Waals surface area contributed by atoms with E-state index in [4.69, 9.17) is 16.7 Å². The van der Waals surface area contributed by atoms with Crippen LogP contribution in [0.5, 0.6) is 0 Å². The zero-order valence-corrected chi connectivity index (χ0v) is 13.3. The molecule has 0 aliphatic heterocycles. The average molecular weight is 360 g/mol. The molecule has 0 fully saturated rings. The third-order valence-electron chi connectivity index (χ3n) is 3.45. The van der Waals surface area contributed by atoms with Crippen molar-refractivity contribution in [2.45, 2.75) is 0 Å². The van der Waals surface area contributed by atoms with E-state index in [2.05, 4.69) is 15.5 Å². The third-order valence-corrected chi connectivity index (χ3v) is 3.76. The summed E-state index contributed by atoms with van der Waals surface area (Å²) in [5, 5.41) is 18.2. The molecule has 3 N–H and O–H groups in total. The normalized spacial score (nSPS) is 10.5. The van der Waals surface area contributed by atoms with Gasteiger partial charge in [-0.1, -0.05) is 29.8 Å². The molecule has 0 atom stereocenters. The minimum absolute atomic E-state index is 0.0329. The molecule has 25 heavy (non-hydrogen) atoms. The van der Waals surface area contributed by atoms with Gasteiger partial charge in [0.15, 0.2) is 5.69 Å².